The molecule has 0 aliphatic carbocycles. The number of nitrogens with zero attached hydrogens (tertiary/aromatic N) is 3. The second kappa shape index (κ2) is 6.84. The molecule has 0 bridgehead atoms. The van der Waals surface area contributed by atoms with Crippen LogP contribution in [0.4, 0.5) is 0 Å². The van der Waals surface area contributed by atoms with Crippen molar-refractivity contribution in [2.24, 2.45) is 0 Å². The minimum absolute atomic E-state index is 0.0568. The van der Waals surface area contributed by atoms with E-state index in [0.717, 1.165) is 18.5 Å². The van der Waals surface area contributed by atoms with Crippen molar-refractivity contribution < 1.29 is 4.79 Å². The molecule has 0 atom stereocenters. The van der Waals surface area contributed by atoms with Crippen LogP contribution in [0.15, 0.2) is 30.6 Å². The van der Waals surface area contributed by atoms with Gasteiger partial charge in [-0.1, -0.05) is 6.07 Å². The van der Waals surface area contributed by atoms with Crippen LogP contribution < -0.4 is 5.32 Å². The molecule has 1 N–H and O–H groups in total. The zero-order valence-electron chi connectivity index (χ0n) is 12.0. The molecular weight excluding hydrogens is 252 g/mol. The van der Waals surface area contributed by atoms with Gasteiger partial charge in [-0.05, 0) is 44.4 Å². The summed E-state index contributed by atoms with van der Waals surface area (Å²) in [4.78, 5) is 16.1. The van der Waals surface area contributed by atoms with Gasteiger partial charge in [0.1, 0.15) is 5.69 Å². The molecule has 0 aromatic carbocycles. The summed E-state index contributed by atoms with van der Waals surface area (Å²) in [6.07, 6.45) is 5.44. The van der Waals surface area contributed by atoms with Crippen LogP contribution in [-0.2, 0) is 13.0 Å². The first kappa shape index (κ1) is 14.2. The highest BCUT2D eigenvalue weighted by Crippen LogP contribution is 2.04. The van der Waals surface area contributed by atoms with Crippen LogP contribution in [0.1, 0.15) is 35.1 Å². The van der Waals surface area contributed by atoms with E-state index in [1.54, 1.807) is 10.9 Å². The van der Waals surface area contributed by atoms with E-state index in [1.807, 2.05) is 38.2 Å². The molecule has 0 spiro atoms. The predicted molar refractivity (Wildman–Crippen MR) is 77.5 cm³/mol. The van der Waals surface area contributed by atoms with E-state index in [0.29, 0.717) is 18.8 Å². The summed E-state index contributed by atoms with van der Waals surface area (Å²) >= 11 is 0. The molecule has 5 heteroatoms. The number of aromatic nitrogens is 3. The molecule has 5 nitrogen and oxygen atoms in total. The van der Waals surface area contributed by atoms with Gasteiger partial charge in [-0.3, -0.25) is 14.5 Å². The topological polar surface area (TPSA) is 59.8 Å². The molecule has 0 fully saturated rings. The van der Waals surface area contributed by atoms with Gasteiger partial charge in [-0.25, -0.2) is 0 Å². The van der Waals surface area contributed by atoms with Crippen molar-refractivity contribution in [3.05, 3.63) is 47.5 Å². The molecule has 0 saturated carbocycles. The summed E-state index contributed by atoms with van der Waals surface area (Å²) in [6.45, 7) is 5.23. The second-order valence-corrected chi connectivity index (χ2v) is 4.71. The van der Waals surface area contributed by atoms with E-state index in [2.05, 4.69) is 15.4 Å². The molecule has 106 valence electrons. The van der Waals surface area contributed by atoms with E-state index in [4.69, 9.17) is 0 Å². The zero-order chi connectivity index (χ0) is 14.4. The predicted octanol–water partition coefficient (Wildman–Crippen LogP) is 1.97. The van der Waals surface area contributed by atoms with Gasteiger partial charge in [0.05, 0.1) is 5.69 Å². The second-order valence-electron chi connectivity index (χ2n) is 4.71. The Kier molecular flexibility index (Phi) is 4.87. The van der Waals surface area contributed by atoms with Gasteiger partial charge in [0.25, 0.3) is 5.91 Å². The molecule has 0 radical (unpaired) electrons. The maximum Gasteiger partial charge on any atom is 0.269 e. The number of carbonyl (C=O) groups is 1. The van der Waals surface area contributed by atoms with Gasteiger partial charge in [-0.15, -0.1) is 0 Å². The van der Waals surface area contributed by atoms with Gasteiger partial charge < -0.3 is 5.32 Å². The number of carbonyl (C=O) groups excluding carboxylic acids is 1. The van der Waals surface area contributed by atoms with Crippen molar-refractivity contribution in [1.82, 2.24) is 20.1 Å². The SMILES string of the molecule is CCn1nc(C)cc1C(=O)NCCCc1cccnc1. The van der Waals surface area contributed by atoms with Crippen LogP contribution in [-0.4, -0.2) is 27.2 Å². The number of rotatable bonds is 6. The van der Waals surface area contributed by atoms with Crippen LogP contribution in [0, 0.1) is 6.92 Å². The smallest absolute Gasteiger partial charge is 0.269 e. The molecular formula is C15H20N4O. The minimum Gasteiger partial charge on any atom is -0.351 e. The van der Waals surface area contributed by atoms with E-state index < -0.39 is 0 Å². The van der Waals surface area contributed by atoms with Crippen molar-refractivity contribution in [3.63, 3.8) is 0 Å². The molecule has 2 aromatic heterocycles. The summed E-state index contributed by atoms with van der Waals surface area (Å²) in [6, 6.07) is 5.79. The fourth-order valence-corrected chi connectivity index (χ4v) is 2.10. The van der Waals surface area contributed by atoms with Crippen molar-refractivity contribution >= 4 is 5.91 Å². The third-order valence-corrected chi connectivity index (χ3v) is 3.08. The van der Waals surface area contributed by atoms with Crippen LogP contribution in [0.25, 0.3) is 0 Å². The Morgan fingerprint density at radius 2 is 2.30 bits per heavy atom. The highest BCUT2D eigenvalue weighted by molar-refractivity contribution is 5.92. The van der Waals surface area contributed by atoms with Gasteiger partial charge in [0.2, 0.25) is 0 Å². The van der Waals surface area contributed by atoms with Gasteiger partial charge >= 0.3 is 0 Å². The average molecular weight is 272 g/mol. The largest absolute Gasteiger partial charge is 0.351 e. The Morgan fingerprint density at radius 3 is 3.00 bits per heavy atom. The number of hydrogen-bond donors (Lipinski definition) is 1. The molecule has 20 heavy (non-hydrogen) atoms. The van der Waals surface area contributed by atoms with E-state index in [-0.39, 0.29) is 5.91 Å². The number of pyridine rings is 1. The average Bonchev–Trinajstić information content (AvgIpc) is 2.86. The summed E-state index contributed by atoms with van der Waals surface area (Å²) in [5.74, 6) is -0.0568. The Bertz CT molecular complexity index is 563. The van der Waals surface area contributed by atoms with Gasteiger partial charge in [-0.2, -0.15) is 5.10 Å². The summed E-state index contributed by atoms with van der Waals surface area (Å²) < 4.78 is 1.73. The zero-order valence-corrected chi connectivity index (χ0v) is 12.0. The van der Waals surface area contributed by atoms with Crippen LogP contribution in [0.3, 0.4) is 0 Å². The quantitative estimate of drug-likeness (QED) is 0.818. The summed E-state index contributed by atoms with van der Waals surface area (Å²) in [7, 11) is 0. The fourth-order valence-electron chi connectivity index (χ4n) is 2.10. The van der Waals surface area contributed by atoms with E-state index >= 15 is 0 Å². The number of hydrogen-bond acceptors (Lipinski definition) is 3. The lowest BCUT2D eigenvalue weighted by molar-refractivity contribution is 0.0942. The lowest BCUT2D eigenvalue weighted by Gasteiger charge is -2.06. The normalized spacial score (nSPS) is 10.5. The molecule has 2 rings (SSSR count). The molecule has 2 aromatic rings. The van der Waals surface area contributed by atoms with Crippen molar-refractivity contribution in [2.45, 2.75) is 33.2 Å². The lowest BCUT2D eigenvalue weighted by Crippen LogP contribution is -2.27. The molecule has 0 aliphatic heterocycles. The molecule has 2 heterocycles. The Balaban J connectivity index is 1.80. The number of amides is 1. The molecule has 1 amide bonds. The molecule has 0 unspecified atom stereocenters. The van der Waals surface area contributed by atoms with Crippen LogP contribution >= 0.6 is 0 Å². The van der Waals surface area contributed by atoms with Crippen molar-refractivity contribution in [1.29, 1.82) is 0 Å². The lowest BCUT2D eigenvalue weighted by atomic mass is 10.1. The number of nitrogens with one attached hydrogen (secondary N) is 1. The fraction of sp³-hybridized carbons (Fsp3) is 0.400. The first-order valence-corrected chi connectivity index (χ1v) is 6.92. The van der Waals surface area contributed by atoms with Crippen LogP contribution in [0.2, 0.25) is 0 Å². The molecule has 0 saturated heterocycles. The summed E-state index contributed by atoms with van der Waals surface area (Å²) in [5.41, 5.74) is 2.69. The van der Waals surface area contributed by atoms with Crippen molar-refractivity contribution in [3.8, 4) is 0 Å². The van der Waals surface area contributed by atoms with Gasteiger partial charge in [0, 0.05) is 25.5 Å². The first-order valence-electron chi connectivity index (χ1n) is 6.92. The molecule has 0 aliphatic rings. The number of aryl methyl sites for hydroxylation is 3. The third kappa shape index (κ3) is 3.66. The van der Waals surface area contributed by atoms with E-state index in [1.165, 1.54) is 5.56 Å². The minimum atomic E-state index is -0.0568. The Hall–Kier alpha value is -2.17. The first-order chi connectivity index (χ1) is 9.70. The van der Waals surface area contributed by atoms with Gasteiger partial charge in [0.15, 0.2) is 0 Å². The highest BCUT2D eigenvalue weighted by Gasteiger charge is 2.12. The third-order valence-electron chi connectivity index (χ3n) is 3.08. The maximum absolute atomic E-state index is 12.1. The monoisotopic (exact) mass is 272 g/mol. The standard InChI is InChI=1S/C15H20N4O/c1-3-19-14(10-12(2)18-19)15(20)17-9-5-7-13-6-4-8-16-11-13/h4,6,8,10-11H,3,5,7,9H2,1-2H3,(H,17,20). The summed E-state index contributed by atoms with van der Waals surface area (Å²) in [5, 5.41) is 7.21. The highest BCUT2D eigenvalue weighted by atomic mass is 16.2. The van der Waals surface area contributed by atoms with Crippen molar-refractivity contribution in [2.75, 3.05) is 6.54 Å². The Morgan fingerprint density at radius 1 is 1.45 bits per heavy atom. The van der Waals surface area contributed by atoms with Crippen LogP contribution in [0.5, 0.6) is 0 Å². The Labute approximate surface area is 119 Å². The van der Waals surface area contributed by atoms with E-state index in [9.17, 15) is 4.79 Å². The maximum atomic E-state index is 12.1.